The number of carbonyl (C=O) groups excluding carboxylic acids is 1. The van der Waals surface area contributed by atoms with Crippen LogP contribution in [0.5, 0.6) is 0 Å². The molecule has 0 spiro atoms. The molecule has 168 valence electrons. The van der Waals surface area contributed by atoms with Crippen molar-refractivity contribution < 1.29 is 13.2 Å². The van der Waals surface area contributed by atoms with Crippen molar-refractivity contribution in [3.05, 3.63) is 59.8 Å². The van der Waals surface area contributed by atoms with Gasteiger partial charge in [0.25, 0.3) is 0 Å². The zero-order valence-electron chi connectivity index (χ0n) is 17.3. The van der Waals surface area contributed by atoms with E-state index in [-0.39, 0.29) is 33.5 Å². The van der Waals surface area contributed by atoms with Gasteiger partial charge in [-0.1, -0.05) is 23.7 Å². The largest absolute Gasteiger partial charge is 0.338 e. The molecule has 0 bridgehead atoms. The molecular formula is C21H21Cl2N5O3S. The van der Waals surface area contributed by atoms with Gasteiger partial charge in [-0.3, -0.25) is 4.79 Å². The maximum absolute atomic E-state index is 12.7. The van der Waals surface area contributed by atoms with Crippen molar-refractivity contribution in [2.45, 2.75) is 24.0 Å². The highest BCUT2D eigenvalue weighted by atomic mass is 35.5. The molecule has 0 aliphatic carbocycles. The Labute approximate surface area is 196 Å². The fourth-order valence-electron chi connectivity index (χ4n) is 2.67. The number of amides is 1. The van der Waals surface area contributed by atoms with Gasteiger partial charge in [0.05, 0.1) is 22.0 Å². The second kappa shape index (κ2) is 10.2. The van der Waals surface area contributed by atoms with Gasteiger partial charge in [-0.2, -0.15) is 4.98 Å². The number of benzene rings is 2. The molecule has 0 aliphatic heterocycles. The number of alkyl halides is 1. The summed E-state index contributed by atoms with van der Waals surface area (Å²) in [6.45, 7) is 3.25. The summed E-state index contributed by atoms with van der Waals surface area (Å²) >= 11 is 11.7. The first kappa shape index (κ1) is 23.8. The lowest BCUT2D eigenvalue weighted by Gasteiger charge is -2.15. The molecule has 0 radical (unpaired) electrons. The number of carbonyl (C=O) groups is 1. The lowest BCUT2D eigenvalue weighted by Crippen LogP contribution is -2.15. The Balaban J connectivity index is 1.83. The Morgan fingerprint density at radius 2 is 1.69 bits per heavy atom. The van der Waals surface area contributed by atoms with Crippen LogP contribution in [0.1, 0.15) is 13.8 Å². The normalized spacial score (nSPS) is 11.3. The Hall–Kier alpha value is -2.88. The Morgan fingerprint density at radius 1 is 1.03 bits per heavy atom. The number of nitrogens with one attached hydrogen (secondary N) is 3. The van der Waals surface area contributed by atoms with Crippen LogP contribution in [0.25, 0.3) is 0 Å². The lowest BCUT2D eigenvalue weighted by molar-refractivity contribution is -0.113. The molecule has 1 heterocycles. The number of sulfone groups is 1. The minimum Gasteiger partial charge on any atom is -0.338 e. The van der Waals surface area contributed by atoms with Crippen LogP contribution in [0.2, 0.25) is 5.02 Å². The van der Waals surface area contributed by atoms with Gasteiger partial charge in [0.2, 0.25) is 11.9 Å². The topological polar surface area (TPSA) is 113 Å². The summed E-state index contributed by atoms with van der Waals surface area (Å²) in [7, 11) is -3.52. The lowest BCUT2D eigenvalue weighted by atomic mass is 10.3. The van der Waals surface area contributed by atoms with Crippen molar-refractivity contribution in [3.63, 3.8) is 0 Å². The van der Waals surface area contributed by atoms with Gasteiger partial charge in [-0.05, 0) is 50.2 Å². The molecule has 3 rings (SSSR count). The van der Waals surface area contributed by atoms with E-state index in [9.17, 15) is 13.2 Å². The molecule has 0 saturated heterocycles. The monoisotopic (exact) mass is 493 g/mol. The van der Waals surface area contributed by atoms with Crippen LogP contribution in [0.15, 0.2) is 59.6 Å². The molecule has 0 saturated carbocycles. The van der Waals surface area contributed by atoms with Gasteiger partial charge in [-0.15, -0.1) is 11.6 Å². The van der Waals surface area contributed by atoms with Gasteiger partial charge >= 0.3 is 0 Å². The molecule has 2 aromatic carbocycles. The maximum atomic E-state index is 12.7. The van der Waals surface area contributed by atoms with E-state index in [4.69, 9.17) is 23.2 Å². The summed E-state index contributed by atoms with van der Waals surface area (Å²) in [5, 5.41) is 8.33. The number of anilines is 5. The van der Waals surface area contributed by atoms with Crippen molar-refractivity contribution in [2.75, 3.05) is 21.8 Å². The predicted molar refractivity (Wildman–Crippen MR) is 128 cm³/mol. The molecule has 0 fully saturated rings. The average Bonchev–Trinajstić information content (AvgIpc) is 2.77. The third-order valence-electron chi connectivity index (χ3n) is 4.36. The number of hydrogen-bond donors (Lipinski definition) is 3. The summed E-state index contributed by atoms with van der Waals surface area (Å²) in [6, 6.07) is 13.4. The molecule has 0 unspecified atom stereocenters. The molecule has 1 amide bonds. The molecule has 32 heavy (non-hydrogen) atoms. The summed E-state index contributed by atoms with van der Waals surface area (Å²) in [5.74, 6) is 0.0693. The number of rotatable bonds is 8. The van der Waals surface area contributed by atoms with E-state index in [1.165, 1.54) is 12.3 Å². The summed E-state index contributed by atoms with van der Waals surface area (Å²) in [6.07, 6.45) is 1.41. The molecule has 11 heteroatoms. The molecule has 0 aliphatic rings. The van der Waals surface area contributed by atoms with Gasteiger partial charge in [0, 0.05) is 11.4 Å². The van der Waals surface area contributed by atoms with Crippen LogP contribution in [0, 0.1) is 0 Å². The van der Waals surface area contributed by atoms with E-state index in [1.807, 2.05) is 0 Å². The Kier molecular flexibility index (Phi) is 7.55. The number of nitrogens with zero attached hydrogens (tertiary/aromatic N) is 2. The Morgan fingerprint density at radius 3 is 2.34 bits per heavy atom. The van der Waals surface area contributed by atoms with E-state index in [1.54, 1.807) is 56.3 Å². The van der Waals surface area contributed by atoms with Crippen LogP contribution in [-0.4, -0.2) is 35.4 Å². The maximum Gasteiger partial charge on any atom is 0.239 e. The quantitative estimate of drug-likeness (QED) is 0.379. The third-order valence-corrected chi connectivity index (χ3v) is 7.09. The molecular weight excluding hydrogens is 473 g/mol. The van der Waals surface area contributed by atoms with Crippen molar-refractivity contribution in [1.29, 1.82) is 0 Å². The summed E-state index contributed by atoms with van der Waals surface area (Å²) in [5.41, 5.74) is 1.64. The second-order valence-electron chi connectivity index (χ2n) is 6.99. The molecule has 0 atom stereocenters. The summed E-state index contributed by atoms with van der Waals surface area (Å²) < 4.78 is 25.4. The van der Waals surface area contributed by atoms with Gasteiger partial charge in [0.1, 0.15) is 10.9 Å². The highest BCUT2D eigenvalue weighted by Gasteiger charge is 2.23. The van der Waals surface area contributed by atoms with Crippen molar-refractivity contribution in [3.8, 4) is 0 Å². The predicted octanol–water partition coefficient (Wildman–Crippen LogP) is 4.98. The fourth-order valence-corrected chi connectivity index (χ4v) is 4.08. The fraction of sp³-hybridized carbons (Fsp3) is 0.190. The van der Waals surface area contributed by atoms with E-state index >= 15 is 0 Å². The van der Waals surface area contributed by atoms with Crippen LogP contribution >= 0.6 is 23.2 Å². The molecule has 3 N–H and O–H groups in total. The summed E-state index contributed by atoms with van der Waals surface area (Å²) in [4.78, 5) is 20.1. The van der Waals surface area contributed by atoms with Gasteiger partial charge in [0.15, 0.2) is 15.7 Å². The van der Waals surface area contributed by atoms with Crippen molar-refractivity contribution >= 4 is 67.8 Å². The van der Waals surface area contributed by atoms with E-state index < -0.39 is 15.1 Å². The average molecular weight is 494 g/mol. The first-order chi connectivity index (χ1) is 15.2. The number of hydrogen-bond acceptors (Lipinski definition) is 7. The minimum absolute atomic E-state index is 0.129. The van der Waals surface area contributed by atoms with Crippen molar-refractivity contribution in [2.24, 2.45) is 0 Å². The van der Waals surface area contributed by atoms with E-state index in [0.717, 1.165) is 0 Å². The first-order valence-electron chi connectivity index (χ1n) is 9.56. The van der Waals surface area contributed by atoms with Gasteiger partial charge < -0.3 is 16.0 Å². The van der Waals surface area contributed by atoms with Crippen molar-refractivity contribution in [1.82, 2.24) is 9.97 Å². The molecule has 1 aromatic heterocycles. The Bertz CT molecular complexity index is 1220. The zero-order chi connectivity index (χ0) is 23.3. The highest BCUT2D eigenvalue weighted by Crippen LogP contribution is 2.30. The van der Waals surface area contributed by atoms with Crippen LogP contribution in [0.4, 0.5) is 28.8 Å². The zero-order valence-corrected chi connectivity index (χ0v) is 19.6. The number of para-hydroxylation sites is 1. The third kappa shape index (κ3) is 5.67. The first-order valence-corrected chi connectivity index (χ1v) is 12.0. The number of aromatic nitrogens is 2. The minimum atomic E-state index is -3.52. The van der Waals surface area contributed by atoms with E-state index in [2.05, 4.69) is 25.9 Å². The molecule has 3 aromatic rings. The number of halogens is 2. The second-order valence-corrected chi connectivity index (χ2v) is 10.1. The standard InChI is InChI=1S/C21H21Cl2N5O3S/c1-13(2)32(30,31)18-6-4-3-5-17(18)27-20-16(23)12-24-21(28-20)26-15-9-7-14(8-10-15)25-19(29)11-22/h3-10,12-13H,11H2,1-2H3,(H,25,29)(H2,24,26,27,28). The van der Waals surface area contributed by atoms with Crippen LogP contribution in [-0.2, 0) is 14.6 Å². The molecule has 8 nitrogen and oxygen atoms in total. The van der Waals surface area contributed by atoms with E-state index in [0.29, 0.717) is 17.1 Å². The highest BCUT2D eigenvalue weighted by molar-refractivity contribution is 7.92. The van der Waals surface area contributed by atoms with Crippen LogP contribution in [0.3, 0.4) is 0 Å². The van der Waals surface area contributed by atoms with Crippen LogP contribution < -0.4 is 16.0 Å². The van der Waals surface area contributed by atoms with Gasteiger partial charge in [-0.25, -0.2) is 13.4 Å². The SMILES string of the molecule is CC(C)S(=O)(=O)c1ccccc1Nc1nc(Nc2ccc(NC(=O)CCl)cc2)ncc1Cl. The smallest absolute Gasteiger partial charge is 0.239 e.